The van der Waals surface area contributed by atoms with Crippen LogP contribution in [0.2, 0.25) is 0 Å². The molecule has 1 aromatic carbocycles. The molecule has 5 heteroatoms. The predicted octanol–water partition coefficient (Wildman–Crippen LogP) is 1.53. The van der Waals surface area contributed by atoms with E-state index in [1.165, 1.54) is 5.56 Å². The van der Waals surface area contributed by atoms with E-state index >= 15 is 0 Å². The fourth-order valence-corrected chi connectivity index (χ4v) is 3.92. The Hall–Kier alpha value is -0.980. The molecule has 2 fully saturated rings. The van der Waals surface area contributed by atoms with Gasteiger partial charge in [-0.15, -0.1) is 0 Å². The molecule has 2 saturated heterocycles. The van der Waals surface area contributed by atoms with Crippen LogP contribution in [0.5, 0.6) is 0 Å². The maximum Gasteiger partial charge on any atom is 0.0898 e. The summed E-state index contributed by atoms with van der Waals surface area (Å²) in [6.07, 6.45) is 1.54. The van der Waals surface area contributed by atoms with Crippen LogP contribution >= 0.6 is 0 Å². The highest BCUT2D eigenvalue weighted by Crippen LogP contribution is 2.29. The average molecular weight is 334 g/mol. The van der Waals surface area contributed by atoms with Crippen molar-refractivity contribution in [2.75, 3.05) is 53.6 Å². The number of morpholine rings is 1. The van der Waals surface area contributed by atoms with Crippen molar-refractivity contribution in [2.24, 2.45) is 0 Å². The maximum absolute atomic E-state index is 10.7. The third-order valence-electron chi connectivity index (χ3n) is 5.22. The Balaban J connectivity index is 1.65. The zero-order chi connectivity index (χ0) is 17.0. The lowest BCUT2D eigenvalue weighted by Gasteiger charge is -2.42. The molecule has 5 nitrogen and oxygen atoms in total. The van der Waals surface area contributed by atoms with E-state index in [2.05, 4.69) is 54.2 Å². The van der Waals surface area contributed by atoms with Crippen molar-refractivity contribution >= 4 is 0 Å². The second-order valence-corrected chi connectivity index (χ2v) is 7.28. The van der Waals surface area contributed by atoms with Crippen LogP contribution in [0.15, 0.2) is 30.3 Å². The first-order valence-electron chi connectivity index (χ1n) is 8.93. The van der Waals surface area contributed by atoms with Gasteiger partial charge in [-0.3, -0.25) is 4.90 Å². The first-order valence-corrected chi connectivity index (χ1v) is 8.93. The molecule has 0 radical (unpaired) electrons. The molecule has 134 valence electrons. The summed E-state index contributed by atoms with van der Waals surface area (Å²) in [5.41, 5.74) is 0.665. The van der Waals surface area contributed by atoms with E-state index in [4.69, 9.17) is 9.47 Å². The number of rotatable bonds is 5. The van der Waals surface area contributed by atoms with Crippen molar-refractivity contribution in [1.29, 1.82) is 0 Å². The Bertz CT molecular complexity index is 505. The van der Waals surface area contributed by atoms with Crippen molar-refractivity contribution in [1.82, 2.24) is 9.80 Å². The third-order valence-corrected chi connectivity index (χ3v) is 5.22. The van der Waals surface area contributed by atoms with Gasteiger partial charge >= 0.3 is 0 Å². The second-order valence-electron chi connectivity index (χ2n) is 7.28. The monoisotopic (exact) mass is 334 g/mol. The quantitative estimate of drug-likeness (QED) is 0.885. The topological polar surface area (TPSA) is 45.2 Å². The van der Waals surface area contributed by atoms with Crippen molar-refractivity contribution in [3.05, 3.63) is 35.9 Å². The molecule has 1 aromatic rings. The van der Waals surface area contributed by atoms with Crippen molar-refractivity contribution in [3.63, 3.8) is 0 Å². The van der Waals surface area contributed by atoms with Crippen LogP contribution in [0.4, 0.5) is 0 Å². The average Bonchev–Trinajstić information content (AvgIpc) is 2.56. The molecule has 0 aromatic heterocycles. The number of ether oxygens (including phenoxy) is 2. The highest BCUT2D eigenvalue weighted by atomic mass is 16.5. The van der Waals surface area contributed by atoms with E-state index in [0.29, 0.717) is 32.6 Å². The number of aliphatic hydroxyl groups is 1. The molecular formula is C19H30N2O3. The molecule has 2 aliphatic heterocycles. The minimum Gasteiger partial charge on any atom is -0.388 e. The Kier molecular flexibility index (Phi) is 5.89. The number of benzene rings is 1. The first-order chi connectivity index (χ1) is 11.6. The Morgan fingerprint density at radius 2 is 1.92 bits per heavy atom. The predicted molar refractivity (Wildman–Crippen MR) is 94.1 cm³/mol. The standard InChI is InChI=1S/C19H30N2O3/c1-20(15-19(22)8-11-23-12-9-19)14-17-18(21(2)10-13-24-17)16-6-4-3-5-7-16/h3-7,17-18,22H,8-15H2,1-2H3/t17-,18-/m0/s1. The van der Waals surface area contributed by atoms with Crippen molar-refractivity contribution < 1.29 is 14.6 Å². The molecule has 3 rings (SSSR count). The molecule has 0 bridgehead atoms. The summed E-state index contributed by atoms with van der Waals surface area (Å²) in [5, 5.41) is 10.7. The molecule has 0 saturated carbocycles. The van der Waals surface area contributed by atoms with E-state index in [1.807, 2.05) is 0 Å². The molecule has 1 N–H and O–H groups in total. The Labute approximate surface area is 145 Å². The van der Waals surface area contributed by atoms with Gasteiger partial charge in [0.2, 0.25) is 0 Å². The minimum absolute atomic E-state index is 0.111. The fourth-order valence-electron chi connectivity index (χ4n) is 3.92. The van der Waals surface area contributed by atoms with Crippen LogP contribution in [0.3, 0.4) is 0 Å². The van der Waals surface area contributed by atoms with Crippen LogP contribution in [0.25, 0.3) is 0 Å². The summed E-state index contributed by atoms with van der Waals surface area (Å²) in [6.45, 7) is 4.49. The van der Waals surface area contributed by atoms with Crippen LogP contribution in [0, 0.1) is 0 Å². The van der Waals surface area contributed by atoms with Gasteiger partial charge in [0.05, 0.1) is 24.4 Å². The molecule has 2 heterocycles. The van der Waals surface area contributed by atoms with Gasteiger partial charge in [-0.2, -0.15) is 0 Å². The van der Waals surface area contributed by atoms with Gasteiger partial charge in [0.1, 0.15) is 0 Å². The molecule has 0 amide bonds. The van der Waals surface area contributed by atoms with Crippen molar-refractivity contribution in [3.8, 4) is 0 Å². The Morgan fingerprint density at radius 1 is 1.21 bits per heavy atom. The van der Waals surface area contributed by atoms with Gasteiger partial charge in [0, 0.05) is 45.7 Å². The molecule has 0 unspecified atom stereocenters. The summed E-state index contributed by atoms with van der Waals surface area (Å²) in [6, 6.07) is 10.8. The fraction of sp³-hybridized carbons (Fsp3) is 0.684. The van der Waals surface area contributed by atoms with Gasteiger partial charge < -0.3 is 19.5 Å². The summed E-state index contributed by atoms with van der Waals surface area (Å²) in [4.78, 5) is 4.59. The number of hydrogen-bond acceptors (Lipinski definition) is 5. The van der Waals surface area contributed by atoms with Gasteiger partial charge in [-0.1, -0.05) is 30.3 Å². The van der Waals surface area contributed by atoms with E-state index in [1.54, 1.807) is 0 Å². The van der Waals surface area contributed by atoms with Crippen molar-refractivity contribution in [2.45, 2.75) is 30.6 Å². The molecule has 0 aliphatic carbocycles. The first kappa shape index (κ1) is 17.8. The zero-order valence-corrected chi connectivity index (χ0v) is 14.9. The van der Waals surface area contributed by atoms with Crippen LogP contribution < -0.4 is 0 Å². The molecule has 24 heavy (non-hydrogen) atoms. The maximum atomic E-state index is 10.7. The lowest BCUT2D eigenvalue weighted by Crippen LogP contribution is -2.51. The summed E-state index contributed by atoms with van der Waals surface area (Å²) in [5.74, 6) is 0. The number of hydrogen-bond donors (Lipinski definition) is 1. The molecule has 0 spiro atoms. The smallest absolute Gasteiger partial charge is 0.0898 e. The SMILES string of the molecule is CN(C[C@@H]1OCCN(C)[C@H]1c1ccccc1)CC1(O)CCOCC1. The minimum atomic E-state index is -0.629. The van der Waals surface area contributed by atoms with E-state index < -0.39 is 5.60 Å². The van der Waals surface area contributed by atoms with Crippen LogP contribution in [-0.4, -0.2) is 80.2 Å². The summed E-state index contributed by atoms with van der Waals surface area (Å²) < 4.78 is 11.5. The largest absolute Gasteiger partial charge is 0.388 e. The second kappa shape index (κ2) is 7.93. The number of nitrogens with zero attached hydrogens (tertiary/aromatic N) is 2. The Morgan fingerprint density at radius 3 is 2.62 bits per heavy atom. The van der Waals surface area contributed by atoms with Gasteiger partial charge in [-0.25, -0.2) is 0 Å². The van der Waals surface area contributed by atoms with E-state index in [0.717, 1.165) is 19.7 Å². The molecular weight excluding hydrogens is 304 g/mol. The zero-order valence-electron chi connectivity index (χ0n) is 14.9. The lowest BCUT2D eigenvalue weighted by molar-refractivity contribution is -0.0991. The lowest BCUT2D eigenvalue weighted by atomic mass is 9.93. The highest BCUT2D eigenvalue weighted by molar-refractivity contribution is 5.21. The highest BCUT2D eigenvalue weighted by Gasteiger charge is 2.35. The summed E-state index contributed by atoms with van der Waals surface area (Å²) in [7, 11) is 4.24. The normalized spacial score (nSPS) is 28.2. The third kappa shape index (κ3) is 4.35. The van der Waals surface area contributed by atoms with E-state index in [-0.39, 0.29) is 12.1 Å². The van der Waals surface area contributed by atoms with Gasteiger partial charge in [0.15, 0.2) is 0 Å². The molecule has 2 atom stereocenters. The van der Waals surface area contributed by atoms with Crippen LogP contribution in [-0.2, 0) is 9.47 Å². The summed E-state index contributed by atoms with van der Waals surface area (Å²) >= 11 is 0. The van der Waals surface area contributed by atoms with Crippen LogP contribution in [0.1, 0.15) is 24.4 Å². The number of likely N-dealkylation sites (N-methyl/N-ethyl adjacent to an activating group) is 2. The van der Waals surface area contributed by atoms with Gasteiger partial charge in [-0.05, 0) is 19.7 Å². The molecule has 2 aliphatic rings. The van der Waals surface area contributed by atoms with Gasteiger partial charge in [0.25, 0.3) is 0 Å². The van der Waals surface area contributed by atoms with E-state index in [9.17, 15) is 5.11 Å².